The molecule has 152 valence electrons. The highest BCUT2D eigenvalue weighted by molar-refractivity contribution is 7.99. The lowest BCUT2D eigenvalue weighted by molar-refractivity contribution is -0.130. The number of fused-ring (bicyclic) bond motifs is 1. The van der Waals surface area contributed by atoms with E-state index in [4.69, 9.17) is 16.0 Å². The van der Waals surface area contributed by atoms with Crippen LogP contribution in [0.15, 0.2) is 51.0 Å². The summed E-state index contributed by atoms with van der Waals surface area (Å²) in [5.41, 5.74) is 0.351. The number of likely N-dealkylation sites (tertiary alicyclic amines) is 1. The average Bonchev–Trinajstić information content (AvgIpc) is 3.21. The number of carbonyl (C=O) groups is 1. The van der Waals surface area contributed by atoms with Gasteiger partial charge in [-0.15, -0.1) is 0 Å². The Balaban J connectivity index is 1.64. The van der Waals surface area contributed by atoms with Crippen molar-refractivity contribution in [3.63, 3.8) is 0 Å². The Morgan fingerprint density at radius 2 is 2.24 bits per heavy atom. The molecular formula is C21H22ClN3O3S. The molecule has 3 heterocycles. The van der Waals surface area contributed by atoms with Crippen LogP contribution >= 0.6 is 23.4 Å². The van der Waals surface area contributed by atoms with Crippen molar-refractivity contribution in [3.05, 3.63) is 57.7 Å². The van der Waals surface area contributed by atoms with Crippen molar-refractivity contribution in [2.75, 3.05) is 18.8 Å². The van der Waals surface area contributed by atoms with Crippen LogP contribution in [0, 0.1) is 5.92 Å². The van der Waals surface area contributed by atoms with Gasteiger partial charge in [-0.1, -0.05) is 30.3 Å². The maximum absolute atomic E-state index is 13.1. The SMILES string of the molecule is C[C@H]1CCCN(C(=O)CSc2nc3cc(Cl)ccc3c(=O)n2Cc2ccco2)C1. The predicted octanol–water partition coefficient (Wildman–Crippen LogP) is 4.04. The molecule has 4 rings (SSSR count). The molecule has 2 aromatic heterocycles. The number of benzene rings is 1. The molecule has 0 aliphatic carbocycles. The van der Waals surface area contributed by atoms with Crippen LogP contribution in [-0.2, 0) is 11.3 Å². The fourth-order valence-corrected chi connectivity index (χ4v) is 4.68. The quantitative estimate of drug-likeness (QED) is 0.450. The normalized spacial score (nSPS) is 17.0. The summed E-state index contributed by atoms with van der Waals surface area (Å²) in [4.78, 5) is 32.4. The topological polar surface area (TPSA) is 68.3 Å². The second-order valence-electron chi connectivity index (χ2n) is 7.40. The minimum atomic E-state index is -0.176. The second-order valence-corrected chi connectivity index (χ2v) is 8.78. The average molecular weight is 432 g/mol. The zero-order chi connectivity index (χ0) is 20.4. The van der Waals surface area contributed by atoms with E-state index in [1.807, 2.05) is 11.0 Å². The Kier molecular flexibility index (Phi) is 5.96. The molecular weight excluding hydrogens is 410 g/mol. The second kappa shape index (κ2) is 8.63. The zero-order valence-corrected chi connectivity index (χ0v) is 17.7. The van der Waals surface area contributed by atoms with Gasteiger partial charge in [-0.25, -0.2) is 4.98 Å². The third kappa shape index (κ3) is 4.51. The molecule has 0 saturated carbocycles. The Morgan fingerprint density at radius 3 is 3.00 bits per heavy atom. The maximum Gasteiger partial charge on any atom is 0.262 e. The van der Waals surface area contributed by atoms with Gasteiger partial charge in [0.05, 0.1) is 29.5 Å². The molecule has 3 aromatic rings. The minimum Gasteiger partial charge on any atom is -0.467 e. The highest BCUT2D eigenvalue weighted by atomic mass is 35.5. The number of carbonyl (C=O) groups excluding carboxylic acids is 1. The molecule has 1 atom stereocenters. The first-order valence-corrected chi connectivity index (χ1v) is 11.0. The molecule has 0 spiro atoms. The van der Waals surface area contributed by atoms with Gasteiger partial charge in [-0.05, 0) is 49.1 Å². The molecule has 0 unspecified atom stereocenters. The number of thioether (sulfide) groups is 1. The molecule has 1 saturated heterocycles. The summed E-state index contributed by atoms with van der Waals surface area (Å²) in [6.45, 7) is 4.01. The fourth-order valence-electron chi connectivity index (χ4n) is 3.62. The summed E-state index contributed by atoms with van der Waals surface area (Å²) < 4.78 is 6.98. The fraction of sp³-hybridized carbons (Fsp3) is 0.381. The standard InChI is InChI=1S/C21H22ClN3O3S/c1-14-4-2-8-24(11-14)19(26)13-29-21-23-18-10-15(22)6-7-17(18)20(27)25(21)12-16-5-3-9-28-16/h3,5-7,9-10,14H,2,4,8,11-13H2,1H3/t14-/m0/s1. The molecule has 1 aliphatic heterocycles. The van der Waals surface area contributed by atoms with Crippen LogP contribution < -0.4 is 5.56 Å². The number of piperidine rings is 1. The van der Waals surface area contributed by atoms with Gasteiger partial charge in [0, 0.05) is 18.1 Å². The van der Waals surface area contributed by atoms with E-state index in [1.165, 1.54) is 11.8 Å². The summed E-state index contributed by atoms with van der Waals surface area (Å²) >= 11 is 7.37. The molecule has 1 aromatic carbocycles. The van der Waals surface area contributed by atoms with Gasteiger partial charge in [0.25, 0.3) is 5.56 Å². The first kappa shape index (κ1) is 20.0. The van der Waals surface area contributed by atoms with Crippen LogP contribution in [0.4, 0.5) is 0 Å². The largest absolute Gasteiger partial charge is 0.467 e. The number of halogens is 1. The van der Waals surface area contributed by atoms with Crippen LogP contribution in [0.25, 0.3) is 10.9 Å². The van der Waals surface area contributed by atoms with E-state index in [2.05, 4.69) is 11.9 Å². The summed E-state index contributed by atoms with van der Waals surface area (Å²) in [6.07, 6.45) is 3.77. The van der Waals surface area contributed by atoms with Crippen LogP contribution in [0.5, 0.6) is 0 Å². The van der Waals surface area contributed by atoms with Gasteiger partial charge in [0.2, 0.25) is 5.91 Å². The minimum absolute atomic E-state index is 0.0755. The number of rotatable bonds is 5. The van der Waals surface area contributed by atoms with Gasteiger partial charge in [-0.3, -0.25) is 14.2 Å². The van der Waals surface area contributed by atoms with E-state index in [-0.39, 0.29) is 23.8 Å². The predicted molar refractivity (Wildman–Crippen MR) is 115 cm³/mol. The molecule has 1 amide bonds. The van der Waals surface area contributed by atoms with Crippen LogP contribution in [-0.4, -0.2) is 39.2 Å². The van der Waals surface area contributed by atoms with Crippen LogP contribution in [0.1, 0.15) is 25.5 Å². The van der Waals surface area contributed by atoms with Crippen LogP contribution in [0.3, 0.4) is 0 Å². The molecule has 29 heavy (non-hydrogen) atoms. The molecule has 0 radical (unpaired) electrons. The lowest BCUT2D eigenvalue weighted by Gasteiger charge is -2.30. The Morgan fingerprint density at radius 1 is 1.38 bits per heavy atom. The number of hydrogen-bond donors (Lipinski definition) is 0. The summed E-state index contributed by atoms with van der Waals surface area (Å²) in [7, 11) is 0. The first-order chi connectivity index (χ1) is 14.0. The van der Waals surface area contributed by atoms with Gasteiger partial charge >= 0.3 is 0 Å². The van der Waals surface area contributed by atoms with Crippen LogP contribution in [0.2, 0.25) is 5.02 Å². The van der Waals surface area contributed by atoms with Crippen molar-refractivity contribution in [1.82, 2.24) is 14.5 Å². The maximum atomic E-state index is 13.1. The molecule has 0 N–H and O–H groups in total. The highest BCUT2D eigenvalue weighted by Gasteiger charge is 2.22. The molecule has 8 heteroatoms. The Hall–Kier alpha value is -2.25. The van der Waals surface area contributed by atoms with Crippen molar-refractivity contribution in [2.45, 2.75) is 31.5 Å². The van der Waals surface area contributed by atoms with Gasteiger partial charge < -0.3 is 9.32 Å². The number of aromatic nitrogens is 2. The van der Waals surface area contributed by atoms with Gasteiger partial charge in [0.15, 0.2) is 5.16 Å². The van der Waals surface area contributed by atoms with E-state index in [0.717, 1.165) is 25.9 Å². The van der Waals surface area contributed by atoms with Gasteiger partial charge in [-0.2, -0.15) is 0 Å². The monoisotopic (exact) mass is 431 g/mol. The van der Waals surface area contributed by atoms with Crippen molar-refractivity contribution in [3.8, 4) is 0 Å². The summed E-state index contributed by atoms with van der Waals surface area (Å²) in [5.74, 6) is 1.49. The lowest BCUT2D eigenvalue weighted by Crippen LogP contribution is -2.40. The number of nitrogens with zero attached hydrogens (tertiary/aromatic N) is 3. The number of furan rings is 1. The van der Waals surface area contributed by atoms with E-state index in [0.29, 0.717) is 32.8 Å². The molecule has 1 fully saturated rings. The molecule has 1 aliphatic rings. The third-order valence-corrected chi connectivity index (χ3v) is 6.31. The smallest absolute Gasteiger partial charge is 0.262 e. The highest BCUT2D eigenvalue weighted by Crippen LogP contribution is 2.23. The van der Waals surface area contributed by atoms with E-state index in [9.17, 15) is 9.59 Å². The van der Waals surface area contributed by atoms with E-state index < -0.39 is 0 Å². The number of amides is 1. The summed E-state index contributed by atoms with van der Waals surface area (Å²) in [6, 6.07) is 8.63. The van der Waals surface area contributed by atoms with Crippen molar-refractivity contribution < 1.29 is 9.21 Å². The van der Waals surface area contributed by atoms with E-state index >= 15 is 0 Å². The summed E-state index contributed by atoms with van der Waals surface area (Å²) in [5, 5.41) is 1.49. The lowest BCUT2D eigenvalue weighted by atomic mass is 10.0. The first-order valence-electron chi connectivity index (χ1n) is 9.64. The Labute approximate surface area is 177 Å². The molecule has 0 bridgehead atoms. The number of hydrogen-bond acceptors (Lipinski definition) is 5. The molecule has 6 nitrogen and oxygen atoms in total. The van der Waals surface area contributed by atoms with E-state index in [1.54, 1.807) is 35.1 Å². The zero-order valence-electron chi connectivity index (χ0n) is 16.1. The third-order valence-electron chi connectivity index (χ3n) is 5.11. The Bertz CT molecular complexity index is 1080. The van der Waals surface area contributed by atoms with Crippen molar-refractivity contribution >= 4 is 40.2 Å². The van der Waals surface area contributed by atoms with Gasteiger partial charge in [0.1, 0.15) is 5.76 Å². The van der Waals surface area contributed by atoms with Crippen molar-refractivity contribution in [2.24, 2.45) is 5.92 Å². The van der Waals surface area contributed by atoms with Crippen molar-refractivity contribution in [1.29, 1.82) is 0 Å².